The Balaban J connectivity index is 1.93. The molecular formula is C19H15BrN4OS. The summed E-state index contributed by atoms with van der Waals surface area (Å²) in [6.07, 6.45) is 1.36. The molecule has 2 aromatic carbocycles. The van der Waals surface area contributed by atoms with Crippen LogP contribution in [-0.2, 0) is 4.79 Å². The zero-order valence-electron chi connectivity index (χ0n) is 13.7. The first-order valence-corrected chi connectivity index (χ1v) is 9.81. The van der Waals surface area contributed by atoms with E-state index in [9.17, 15) is 4.79 Å². The quantitative estimate of drug-likeness (QED) is 0.767. The fraction of sp³-hybridized carbons (Fsp3) is 0.105. The van der Waals surface area contributed by atoms with Gasteiger partial charge in [0.2, 0.25) is 0 Å². The number of nitrogens with zero attached hydrogens (tertiary/aromatic N) is 3. The second-order valence-corrected chi connectivity index (χ2v) is 7.56. The van der Waals surface area contributed by atoms with Crippen LogP contribution in [0.25, 0.3) is 5.70 Å². The van der Waals surface area contributed by atoms with E-state index in [1.54, 1.807) is 11.1 Å². The van der Waals surface area contributed by atoms with Crippen LogP contribution in [0.1, 0.15) is 11.7 Å². The number of fused-ring (bicyclic) bond motifs is 2. The summed E-state index contributed by atoms with van der Waals surface area (Å²) in [4.78, 5) is 17.7. The molecule has 7 heteroatoms. The molecule has 0 saturated carbocycles. The van der Waals surface area contributed by atoms with Crippen LogP contribution < -0.4 is 15.9 Å². The van der Waals surface area contributed by atoms with E-state index < -0.39 is 6.17 Å². The van der Waals surface area contributed by atoms with Gasteiger partial charge in [-0.2, -0.15) is 0 Å². The lowest BCUT2D eigenvalue weighted by atomic mass is 10.1. The molecule has 0 spiro atoms. The molecule has 2 aliphatic heterocycles. The van der Waals surface area contributed by atoms with Gasteiger partial charge in [0.05, 0.1) is 5.36 Å². The number of benzene rings is 2. The van der Waals surface area contributed by atoms with Gasteiger partial charge in [0.25, 0.3) is 5.91 Å². The van der Waals surface area contributed by atoms with E-state index in [-0.39, 0.29) is 5.91 Å². The third kappa shape index (κ3) is 2.97. The first-order valence-electron chi connectivity index (χ1n) is 8.03. The van der Waals surface area contributed by atoms with Gasteiger partial charge in [-0.15, -0.1) is 11.7 Å². The van der Waals surface area contributed by atoms with Crippen LogP contribution in [-0.4, -0.2) is 21.8 Å². The molecule has 0 aliphatic carbocycles. The zero-order valence-corrected chi connectivity index (χ0v) is 16.1. The molecule has 0 fully saturated rings. The molecule has 2 aliphatic rings. The van der Waals surface area contributed by atoms with E-state index in [0.717, 1.165) is 20.6 Å². The maximum absolute atomic E-state index is 12.9. The maximum Gasteiger partial charge on any atom is 0.276 e. The van der Waals surface area contributed by atoms with Gasteiger partial charge < -0.3 is 0 Å². The van der Waals surface area contributed by atoms with Crippen molar-refractivity contribution in [3.8, 4) is 0 Å². The summed E-state index contributed by atoms with van der Waals surface area (Å²) in [5.41, 5.74) is 1.46. The van der Waals surface area contributed by atoms with E-state index in [0.29, 0.717) is 16.6 Å². The van der Waals surface area contributed by atoms with Crippen molar-refractivity contribution in [1.29, 1.82) is 0 Å². The molecule has 0 bridgehead atoms. The highest BCUT2D eigenvalue weighted by molar-refractivity contribution is 9.10. The first kappa shape index (κ1) is 17.1. The summed E-state index contributed by atoms with van der Waals surface area (Å²) < 4.78 is 0.925. The Bertz CT molecular complexity index is 1050. The number of halogens is 1. The molecule has 4 rings (SSSR count). The van der Waals surface area contributed by atoms with Gasteiger partial charge in [-0.3, -0.25) is 15.1 Å². The SMILES string of the molecule is C=CCSC1=NN2C(=c3ccccc3=N[C@@H]2c2ccccc2Br)C(=O)N1. The molecule has 0 aromatic heterocycles. The lowest BCUT2D eigenvalue weighted by Gasteiger charge is -2.34. The zero-order chi connectivity index (χ0) is 18.1. The molecule has 2 aromatic rings. The highest BCUT2D eigenvalue weighted by Gasteiger charge is 2.34. The summed E-state index contributed by atoms with van der Waals surface area (Å²) in [6, 6.07) is 15.5. The minimum atomic E-state index is -0.416. The summed E-state index contributed by atoms with van der Waals surface area (Å²) in [7, 11) is 0. The number of nitrogens with one attached hydrogen (secondary N) is 1. The Hall–Kier alpha value is -2.38. The molecule has 0 saturated heterocycles. The van der Waals surface area contributed by atoms with Gasteiger partial charge in [-0.05, 0) is 12.1 Å². The Morgan fingerprint density at radius 3 is 2.81 bits per heavy atom. The van der Waals surface area contributed by atoms with Crippen LogP contribution in [0.5, 0.6) is 0 Å². The average molecular weight is 427 g/mol. The number of carbonyl (C=O) groups excluding carboxylic acids is 1. The van der Waals surface area contributed by atoms with Gasteiger partial charge >= 0.3 is 0 Å². The highest BCUT2D eigenvalue weighted by Crippen LogP contribution is 2.34. The minimum Gasteiger partial charge on any atom is -0.298 e. The summed E-state index contributed by atoms with van der Waals surface area (Å²) in [6.45, 7) is 3.72. The second-order valence-electron chi connectivity index (χ2n) is 5.69. The van der Waals surface area contributed by atoms with Gasteiger partial charge in [0, 0.05) is 21.0 Å². The number of amidine groups is 1. The third-order valence-electron chi connectivity index (χ3n) is 4.04. The number of amides is 1. The number of hydrazone groups is 1. The molecule has 1 amide bonds. The van der Waals surface area contributed by atoms with Crippen LogP contribution in [0.2, 0.25) is 0 Å². The number of para-hydroxylation sites is 1. The van der Waals surface area contributed by atoms with Crippen LogP contribution in [0.15, 0.2) is 75.8 Å². The normalized spacial score (nSPS) is 18.3. The van der Waals surface area contributed by atoms with Crippen LogP contribution in [0.4, 0.5) is 0 Å². The first-order chi connectivity index (χ1) is 12.7. The van der Waals surface area contributed by atoms with E-state index >= 15 is 0 Å². The molecule has 2 heterocycles. The third-order valence-corrected chi connectivity index (χ3v) is 5.62. The van der Waals surface area contributed by atoms with Crippen molar-refractivity contribution < 1.29 is 4.79 Å². The predicted molar refractivity (Wildman–Crippen MR) is 108 cm³/mol. The number of thioether (sulfide) groups is 1. The Morgan fingerprint density at radius 2 is 2.00 bits per heavy atom. The van der Waals surface area contributed by atoms with Crippen LogP contribution >= 0.6 is 27.7 Å². The maximum atomic E-state index is 12.9. The van der Waals surface area contributed by atoms with Crippen molar-refractivity contribution in [2.45, 2.75) is 6.17 Å². The van der Waals surface area contributed by atoms with E-state index in [1.165, 1.54) is 11.8 Å². The Morgan fingerprint density at radius 1 is 1.23 bits per heavy atom. The molecule has 1 atom stereocenters. The van der Waals surface area contributed by atoms with Crippen molar-refractivity contribution in [3.63, 3.8) is 0 Å². The predicted octanol–water partition coefficient (Wildman–Crippen LogP) is 2.51. The van der Waals surface area contributed by atoms with Crippen LogP contribution in [0, 0.1) is 0 Å². The summed E-state index contributed by atoms with van der Waals surface area (Å²) >= 11 is 5.03. The van der Waals surface area contributed by atoms with Crippen molar-refractivity contribution in [2.75, 3.05) is 5.75 Å². The average Bonchev–Trinajstić information content (AvgIpc) is 2.66. The van der Waals surface area contributed by atoms with Gasteiger partial charge in [-0.25, -0.2) is 5.01 Å². The minimum absolute atomic E-state index is 0.175. The largest absolute Gasteiger partial charge is 0.298 e. The van der Waals surface area contributed by atoms with Gasteiger partial charge in [-0.1, -0.05) is 70.2 Å². The standard InChI is InChI=1S/C19H15BrN4OS/c1-2-11-26-19-22-18(25)16-13-8-4-6-10-15(13)21-17(24(16)23-19)12-7-3-5-9-14(12)20/h2-10,17H,1,11H2,(H,22,23,25)/t17-/m0/s1. The smallest absolute Gasteiger partial charge is 0.276 e. The topological polar surface area (TPSA) is 57.1 Å². The molecule has 0 unspecified atom stereocenters. The van der Waals surface area contributed by atoms with Gasteiger partial charge in [0.1, 0.15) is 5.70 Å². The van der Waals surface area contributed by atoms with E-state index in [2.05, 4.69) is 32.9 Å². The van der Waals surface area contributed by atoms with Crippen molar-refractivity contribution in [2.24, 2.45) is 10.1 Å². The Kier molecular flexibility index (Phi) is 4.65. The Labute approximate surface area is 163 Å². The monoisotopic (exact) mass is 426 g/mol. The van der Waals surface area contributed by atoms with Crippen LogP contribution in [0.3, 0.4) is 0 Å². The summed E-state index contributed by atoms with van der Waals surface area (Å²) in [5, 5.41) is 11.4. The lowest BCUT2D eigenvalue weighted by Crippen LogP contribution is -2.50. The van der Waals surface area contributed by atoms with Crippen molar-refractivity contribution in [3.05, 3.63) is 81.8 Å². The molecule has 130 valence electrons. The highest BCUT2D eigenvalue weighted by atomic mass is 79.9. The number of rotatable bonds is 3. The van der Waals surface area contributed by atoms with Crippen molar-refractivity contribution in [1.82, 2.24) is 10.3 Å². The number of hydrogen-bond acceptors (Lipinski definition) is 5. The molecule has 5 nitrogen and oxygen atoms in total. The fourth-order valence-corrected chi connectivity index (χ4v) is 3.99. The van der Waals surface area contributed by atoms with E-state index in [4.69, 9.17) is 4.99 Å². The summed E-state index contributed by atoms with van der Waals surface area (Å²) in [5.74, 6) is 0.487. The lowest BCUT2D eigenvalue weighted by molar-refractivity contribution is -0.116. The van der Waals surface area contributed by atoms with Crippen molar-refractivity contribution >= 4 is 44.5 Å². The molecular weight excluding hydrogens is 412 g/mol. The number of carbonyl (C=O) groups is 1. The van der Waals surface area contributed by atoms with Gasteiger partial charge in [0.15, 0.2) is 11.3 Å². The molecule has 1 N–H and O–H groups in total. The molecule has 0 radical (unpaired) electrons. The molecule has 26 heavy (non-hydrogen) atoms. The number of hydrogen-bond donors (Lipinski definition) is 1. The van der Waals surface area contributed by atoms with E-state index in [1.807, 2.05) is 48.5 Å². The fourth-order valence-electron chi connectivity index (χ4n) is 2.92. The second kappa shape index (κ2) is 7.09.